The number of thioether (sulfide) groups is 2. The lowest BCUT2D eigenvalue weighted by Gasteiger charge is -2.21. The van der Waals surface area contributed by atoms with Crippen molar-refractivity contribution in [1.82, 2.24) is 0 Å². The summed E-state index contributed by atoms with van der Waals surface area (Å²) in [4.78, 5) is 13.6. The summed E-state index contributed by atoms with van der Waals surface area (Å²) in [6, 6.07) is 17.1. The van der Waals surface area contributed by atoms with Gasteiger partial charge in [0.25, 0.3) is 0 Å². The van der Waals surface area contributed by atoms with Crippen LogP contribution in [0, 0.1) is 13.8 Å². The lowest BCUT2D eigenvalue weighted by atomic mass is 10.2. The molecule has 0 fully saturated rings. The van der Waals surface area contributed by atoms with Gasteiger partial charge in [0.1, 0.15) is 5.78 Å². The summed E-state index contributed by atoms with van der Waals surface area (Å²) in [5.74, 6) is 3.47. The van der Waals surface area contributed by atoms with Crippen LogP contribution >= 0.6 is 23.5 Å². The van der Waals surface area contributed by atoms with Crippen LogP contribution in [-0.4, -0.2) is 25.6 Å². The van der Waals surface area contributed by atoms with Gasteiger partial charge < -0.3 is 4.43 Å². The summed E-state index contributed by atoms with van der Waals surface area (Å²) in [6.07, 6.45) is 4.47. The second-order valence-electron chi connectivity index (χ2n) is 8.68. The van der Waals surface area contributed by atoms with E-state index in [2.05, 4.69) is 95.0 Å². The Labute approximate surface area is 205 Å². The summed E-state index contributed by atoms with van der Waals surface area (Å²) in [6.45, 7) is 14.9. The highest BCUT2D eigenvalue weighted by molar-refractivity contribution is 7.99. The highest BCUT2D eigenvalue weighted by atomic mass is 32.2. The van der Waals surface area contributed by atoms with Crippen LogP contribution in [0.4, 0.5) is 0 Å². The van der Waals surface area contributed by atoms with Gasteiger partial charge in [0.15, 0.2) is 0 Å². The molecule has 0 aliphatic heterocycles. The van der Waals surface area contributed by atoms with Crippen molar-refractivity contribution < 1.29 is 9.22 Å². The zero-order chi connectivity index (χ0) is 24.0. The molecule has 2 nitrogen and oxygen atoms in total. The van der Waals surface area contributed by atoms with E-state index in [-0.39, 0.29) is 0 Å². The Morgan fingerprint density at radius 3 is 1.66 bits per heavy atom. The second kappa shape index (κ2) is 15.4. The standard InChI is InChI=1S/C15H24OSSi.C12H16OS/c1-6-14(16-18(3,4)5)11-12-17-15-9-7-13(2)8-10-15;1-3-11(13)8-9-14-12-6-4-10(2)5-7-12/h6-10H,11-12H2,1-5H3;4-7H,3,8-9H2,1-2H3/b14-6-;. The molecule has 5 heteroatoms. The van der Waals surface area contributed by atoms with Gasteiger partial charge in [-0.05, 0) is 64.7 Å². The van der Waals surface area contributed by atoms with Crippen LogP contribution in [0.5, 0.6) is 0 Å². The van der Waals surface area contributed by atoms with E-state index in [9.17, 15) is 4.79 Å². The third-order valence-corrected chi connectivity index (χ3v) is 7.36. The molecule has 0 radical (unpaired) electrons. The quantitative estimate of drug-likeness (QED) is 0.179. The normalized spacial score (nSPS) is 11.5. The van der Waals surface area contributed by atoms with Gasteiger partial charge >= 0.3 is 0 Å². The maximum absolute atomic E-state index is 11.0. The molecule has 2 aromatic carbocycles. The molecule has 0 heterocycles. The second-order valence-corrected chi connectivity index (χ2v) is 15.5. The van der Waals surface area contributed by atoms with Gasteiger partial charge in [-0.15, -0.1) is 23.5 Å². The van der Waals surface area contributed by atoms with Crippen LogP contribution in [-0.2, 0) is 9.22 Å². The first-order chi connectivity index (χ1) is 15.1. The van der Waals surface area contributed by atoms with E-state index in [0.717, 1.165) is 23.7 Å². The largest absolute Gasteiger partial charge is 0.548 e. The number of carbonyl (C=O) groups is 1. The maximum atomic E-state index is 11.0. The summed E-state index contributed by atoms with van der Waals surface area (Å²) in [5.41, 5.74) is 2.59. The lowest BCUT2D eigenvalue weighted by molar-refractivity contribution is -0.118. The van der Waals surface area contributed by atoms with E-state index in [1.807, 2.05) is 18.7 Å². The van der Waals surface area contributed by atoms with Crippen LogP contribution in [0.15, 0.2) is 70.2 Å². The zero-order valence-corrected chi connectivity index (χ0v) is 23.5. The average molecular weight is 489 g/mol. The summed E-state index contributed by atoms with van der Waals surface area (Å²) in [5, 5.41) is 0. The molecule has 0 aliphatic carbocycles. The lowest BCUT2D eigenvalue weighted by Crippen LogP contribution is -2.24. The van der Waals surface area contributed by atoms with E-state index in [0.29, 0.717) is 18.6 Å². The van der Waals surface area contributed by atoms with Gasteiger partial charge in [-0.2, -0.15) is 0 Å². The van der Waals surface area contributed by atoms with Gasteiger partial charge in [0.05, 0.1) is 5.76 Å². The van der Waals surface area contributed by atoms with Gasteiger partial charge in [0, 0.05) is 40.6 Å². The van der Waals surface area contributed by atoms with Crippen LogP contribution in [0.1, 0.15) is 44.2 Å². The minimum Gasteiger partial charge on any atom is -0.548 e. The Morgan fingerprint density at radius 1 is 0.844 bits per heavy atom. The Hall–Kier alpha value is -1.43. The third-order valence-electron chi connectivity index (χ3n) is 4.46. The fourth-order valence-electron chi connectivity index (χ4n) is 2.65. The highest BCUT2D eigenvalue weighted by Gasteiger charge is 2.17. The van der Waals surface area contributed by atoms with Crippen molar-refractivity contribution in [1.29, 1.82) is 0 Å². The predicted octanol–water partition coefficient (Wildman–Crippen LogP) is 8.69. The first kappa shape index (κ1) is 28.6. The monoisotopic (exact) mass is 488 g/mol. The predicted molar refractivity (Wildman–Crippen MR) is 147 cm³/mol. The summed E-state index contributed by atoms with van der Waals surface area (Å²) < 4.78 is 6.03. The van der Waals surface area contributed by atoms with Crippen molar-refractivity contribution in [3.05, 3.63) is 71.5 Å². The number of Topliss-reactive ketones (excluding diaryl/α,β-unsaturated/α-hetero) is 1. The van der Waals surface area contributed by atoms with Gasteiger partial charge in [0.2, 0.25) is 8.32 Å². The number of aryl methyl sites for hydroxylation is 2. The van der Waals surface area contributed by atoms with E-state index >= 15 is 0 Å². The molecule has 0 aromatic heterocycles. The van der Waals surface area contributed by atoms with Crippen LogP contribution in [0.25, 0.3) is 0 Å². The van der Waals surface area contributed by atoms with Crippen LogP contribution in [0.3, 0.4) is 0 Å². The first-order valence-electron chi connectivity index (χ1n) is 11.4. The zero-order valence-electron chi connectivity index (χ0n) is 20.9. The summed E-state index contributed by atoms with van der Waals surface area (Å²) >= 11 is 3.65. The number of ketones is 1. The maximum Gasteiger partial charge on any atom is 0.241 e. The van der Waals surface area contributed by atoms with Crippen molar-refractivity contribution in [3.63, 3.8) is 0 Å². The molecule has 0 bridgehead atoms. The Morgan fingerprint density at radius 2 is 1.28 bits per heavy atom. The number of hydrogen-bond acceptors (Lipinski definition) is 4. The Balaban J connectivity index is 0.000000330. The molecule has 0 aliphatic rings. The molecular formula is C27H40O2S2Si. The van der Waals surface area contributed by atoms with Gasteiger partial charge in [-0.3, -0.25) is 4.79 Å². The molecule has 176 valence electrons. The average Bonchev–Trinajstić information content (AvgIpc) is 2.75. The van der Waals surface area contributed by atoms with E-state index in [1.165, 1.54) is 20.9 Å². The number of carbonyl (C=O) groups excluding carboxylic acids is 1. The van der Waals surface area contributed by atoms with E-state index in [1.54, 1.807) is 11.8 Å². The van der Waals surface area contributed by atoms with Crippen molar-refractivity contribution in [2.45, 2.75) is 76.4 Å². The molecule has 32 heavy (non-hydrogen) atoms. The molecule has 0 spiro atoms. The molecule has 0 unspecified atom stereocenters. The molecule has 0 atom stereocenters. The molecule has 2 aromatic rings. The first-order valence-corrected chi connectivity index (χ1v) is 16.8. The Kier molecular flexibility index (Phi) is 13.8. The minimum atomic E-state index is -1.46. The molecule has 0 N–H and O–H groups in total. The molecule has 2 rings (SSSR count). The van der Waals surface area contributed by atoms with Crippen LogP contribution < -0.4 is 0 Å². The fraction of sp³-hybridized carbons (Fsp3) is 0.444. The van der Waals surface area contributed by atoms with Gasteiger partial charge in [-0.1, -0.05) is 48.4 Å². The third kappa shape index (κ3) is 13.9. The van der Waals surface area contributed by atoms with Crippen LogP contribution in [0.2, 0.25) is 19.6 Å². The van der Waals surface area contributed by atoms with Crippen molar-refractivity contribution in [3.8, 4) is 0 Å². The fourth-order valence-corrected chi connectivity index (χ4v) is 5.41. The number of rotatable bonds is 11. The van der Waals surface area contributed by atoms with E-state index < -0.39 is 8.32 Å². The SMILES string of the molecule is C/C=C(/CCSc1ccc(C)cc1)O[Si](C)(C)C.CCC(=O)CCSc1ccc(C)cc1. The molecule has 0 amide bonds. The number of allylic oxidation sites excluding steroid dienone is 2. The highest BCUT2D eigenvalue weighted by Crippen LogP contribution is 2.22. The number of benzene rings is 2. The van der Waals surface area contributed by atoms with Crippen molar-refractivity contribution in [2.24, 2.45) is 0 Å². The Bertz CT molecular complexity index is 822. The topological polar surface area (TPSA) is 26.3 Å². The smallest absolute Gasteiger partial charge is 0.241 e. The van der Waals surface area contributed by atoms with E-state index in [4.69, 9.17) is 4.43 Å². The van der Waals surface area contributed by atoms with Crippen molar-refractivity contribution in [2.75, 3.05) is 11.5 Å². The van der Waals surface area contributed by atoms with Crippen molar-refractivity contribution >= 4 is 37.6 Å². The molecule has 0 saturated carbocycles. The molecular weight excluding hydrogens is 449 g/mol. The van der Waals surface area contributed by atoms with Gasteiger partial charge in [-0.25, -0.2) is 0 Å². The minimum absolute atomic E-state index is 0.351. The summed E-state index contributed by atoms with van der Waals surface area (Å²) in [7, 11) is -1.46. The number of hydrogen-bond donors (Lipinski definition) is 0. The molecule has 0 saturated heterocycles.